The van der Waals surface area contributed by atoms with E-state index in [9.17, 15) is 13.2 Å². The van der Waals surface area contributed by atoms with E-state index < -0.39 is 12.1 Å². The topological polar surface area (TPSA) is 30.3 Å². The van der Waals surface area contributed by atoms with Crippen molar-refractivity contribution in [2.24, 2.45) is 11.8 Å². The Labute approximate surface area is 106 Å². The van der Waals surface area contributed by atoms with Crippen LogP contribution < -0.4 is 0 Å². The minimum Gasteiger partial charge on any atom is -0.301 e. The fourth-order valence-electron chi connectivity index (χ4n) is 2.15. The first-order valence-corrected chi connectivity index (χ1v) is 6.24. The Morgan fingerprint density at radius 1 is 1.06 bits per heavy atom. The highest BCUT2D eigenvalue weighted by molar-refractivity contribution is 4.91. The van der Waals surface area contributed by atoms with Crippen LogP contribution in [0.4, 0.5) is 13.2 Å². The second-order valence-electron chi connectivity index (χ2n) is 5.22. The highest BCUT2D eigenvalue weighted by Gasteiger charge is 2.41. The van der Waals surface area contributed by atoms with Crippen LogP contribution >= 0.6 is 0 Å². The molecule has 1 saturated heterocycles. The van der Waals surface area contributed by atoms with Crippen molar-refractivity contribution >= 4 is 0 Å². The monoisotopic (exact) mass is 263 g/mol. The van der Waals surface area contributed by atoms with Crippen LogP contribution in [-0.2, 0) is 0 Å². The maximum absolute atomic E-state index is 12.5. The van der Waals surface area contributed by atoms with Gasteiger partial charge in [0.1, 0.15) is 0 Å². The summed E-state index contributed by atoms with van der Waals surface area (Å²) in [7, 11) is 0. The lowest BCUT2D eigenvalue weighted by molar-refractivity contribution is -0.164. The van der Waals surface area contributed by atoms with E-state index in [2.05, 4.69) is 18.7 Å². The highest BCUT2D eigenvalue weighted by Crippen LogP contribution is 2.26. The molecular formula is C12H20F3N3. The SMILES string of the molecule is CC(C)CN1CCN(CC(C#N)C(F)(F)F)CC1. The van der Waals surface area contributed by atoms with Crippen LogP contribution in [0.25, 0.3) is 0 Å². The fourth-order valence-corrected chi connectivity index (χ4v) is 2.15. The van der Waals surface area contributed by atoms with E-state index in [-0.39, 0.29) is 6.54 Å². The van der Waals surface area contributed by atoms with Gasteiger partial charge in [0, 0.05) is 39.3 Å². The molecule has 0 aliphatic carbocycles. The first kappa shape index (κ1) is 15.3. The molecule has 3 nitrogen and oxygen atoms in total. The molecule has 1 fully saturated rings. The minimum absolute atomic E-state index is 0.199. The summed E-state index contributed by atoms with van der Waals surface area (Å²) in [5, 5.41) is 8.56. The molecule has 0 radical (unpaired) electrons. The average Bonchev–Trinajstić information content (AvgIpc) is 2.25. The van der Waals surface area contributed by atoms with Crippen LogP contribution in [0.5, 0.6) is 0 Å². The van der Waals surface area contributed by atoms with Crippen molar-refractivity contribution in [1.82, 2.24) is 9.80 Å². The zero-order chi connectivity index (χ0) is 13.8. The number of rotatable bonds is 4. The summed E-state index contributed by atoms with van der Waals surface area (Å²) in [6, 6.07) is 1.35. The van der Waals surface area contributed by atoms with Gasteiger partial charge < -0.3 is 4.90 Å². The van der Waals surface area contributed by atoms with Crippen LogP contribution in [0, 0.1) is 23.2 Å². The van der Waals surface area contributed by atoms with Crippen molar-refractivity contribution in [1.29, 1.82) is 5.26 Å². The van der Waals surface area contributed by atoms with Crippen molar-refractivity contribution < 1.29 is 13.2 Å². The van der Waals surface area contributed by atoms with Crippen molar-refractivity contribution in [3.63, 3.8) is 0 Å². The maximum atomic E-state index is 12.5. The molecule has 6 heteroatoms. The van der Waals surface area contributed by atoms with Crippen molar-refractivity contribution in [2.75, 3.05) is 39.3 Å². The summed E-state index contributed by atoms with van der Waals surface area (Å²) in [5.74, 6) is -1.30. The lowest BCUT2D eigenvalue weighted by Crippen LogP contribution is -2.49. The molecule has 1 rings (SSSR count). The second-order valence-corrected chi connectivity index (χ2v) is 5.22. The standard InChI is InChI=1S/C12H20F3N3/c1-10(2)8-17-3-5-18(6-4-17)9-11(7-16)12(13,14)15/h10-11H,3-6,8-9H2,1-2H3. The highest BCUT2D eigenvalue weighted by atomic mass is 19.4. The summed E-state index contributed by atoms with van der Waals surface area (Å²) in [6.45, 7) is 7.83. The molecule has 0 amide bonds. The molecule has 0 spiro atoms. The fraction of sp³-hybridized carbons (Fsp3) is 0.917. The van der Waals surface area contributed by atoms with Crippen molar-refractivity contribution in [3.05, 3.63) is 0 Å². The van der Waals surface area contributed by atoms with Gasteiger partial charge >= 0.3 is 6.18 Å². The van der Waals surface area contributed by atoms with Crippen LogP contribution in [0.3, 0.4) is 0 Å². The summed E-state index contributed by atoms with van der Waals surface area (Å²) in [4.78, 5) is 3.99. The van der Waals surface area contributed by atoms with E-state index in [1.165, 1.54) is 6.07 Å². The number of nitriles is 1. The number of hydrogen-bond donors (Lipinski definition) is 0. The lowest BCUT2D eigenvalue weighted by Gasteiger charge is -2.36. The number of hydrogen-bond acceptors (Lipinski definition) is 3. The van der Waals surface area contributed by atoms with E-state index >= 15 is 0 Å². The molecule has 0 N–H and O–H groups in total. The van der Waals surface area contributed by atoms with Gasteiger partial charge in [-0.25, -0.2) is 0 Å². The Bertz CT molecular complexity index is 288. The van der Waals surface area contributed by atoms with Gasteiger partial charge in [-0.15, -0.1) is 0 Å². The van der Waals surface area contributed by atoms with Crippen molar-refractivity contribution in [2.45, 2.75) is 20.0 Å². The summed E-state index contributed by atoms with van der Waals surface area (Å²) < 4.78 is 37.4. The number of nitrogens with zero attached hydrogens (tertiary/aromatic N) is 3. The van der Waals surface area contributed by atoms with Gasteiger partial charge in [0.2, 0.25) is 0 Å². The minimum atomic E-state index is -4.41. The second kappa shape index (κ2) is 6.39. The first-order valence-electron chi connectivity index (χ1n) is 6.24. The third-order valence-electron chi connectivity index (χ3n) is 3.08. The molecule has 1 aliphatic rings. The Morgan fingerprint density at radius 2 is 1.50 bits per heavy atom. The molecule has 104 valence electrons. The van der Waals surface area contributed by atoms with E-state index in [4.69, 9.17) is 5.26 Å². The predicted molar refractivity (Wildman–Crippen MR) is 62.9 cm³/mol. The molecule has 1 aliphatic heterocycles. The molecule has 1 heterocycles. The van der Waals surface area contributed by atoms with Crippen molar-refractivity contribution in [3.8, 4) is 6.07 Å². The third kappa shape index (κ3) is 4.83. The number of piperazine rings is 1. The summed E-state index contributed by atoms with van der Waals surface area (Å²) >= 11 is 0. The molecule has 1 atom stereocenters. The molecule has 18 heavy (non-hydrogen) atoms. The molecule has 0 aromatic carbocycles. The molecule has 1 unspecified atom stereocenters. The normalized spacial score (nSPS) is 20.9. The number of halogens is 3. The Balaban J connectivity index is 2.37. The predicted octanol–water partition coefficient (Wildman–Crippen LogP) is 1.96. The van der Waals surface area contributed by atoms with E-state index in [0.29, 0.717) is 19.0 Å². The van der Waals surface area contributed by atoms with Crippen LogP contribution in [0.2, 0.25) is 0 Å². The molecular weight excluding hydrogens is 243 g/mol. The van der Waals surface area contributed by atoms with E-state index in [1.807, 2.05) is 0 Å². The average molecular weight is 263 g/mol. The van der Waals surface area contributed by atoms with Gasteiger partial charge in [-0.05, 0) is 5.92 Å². The Kier molecular flexibility index (Phi) is 5.42. The van der Waals surface area contributed by atoms with Crippen LogP contribution in [0.15, 0.2) is 0 Å². The molecule has 0 aromatic rings. The molecule has 0 bridgehead atoms. The Hall–Kier alpha value is -0.800. The van der Waals surface area contributed by atoms with Crippen LogP contribution in [-0.4, -0.2) is 55.2 Å². The first-order chi connectivity index (χ1) is 8.32. The summed E-state index contributed by atoms with van der Waals surface area (Å²) in [5.41, 5.74) is 0. The molecule has 0 saturated carbocycles. The smallest absolute Gasteiger partial charge is 0.301 e. The largest absolute Gasteiger partial charge is 0.405 e. The van der Waals surface area contributed by atoms with Gasteiger partial charge in [0.05, 0.1) is 6.07 Å². The third-order valence-corrected chi connectivity index (χ3v) is 3.08. The Morgan fingerprint density at radius 3 is 1.83 bits per heavy atom. The van der Waals surface area contributed by atoms with Crippen LogP contribution in [0.1, 0.15) is 13.8 Å². The maximum Gasteiger partial charge on any atom is 0.405 e. The van der Waals surface area contributed by atoms with Gasteiger partial charge in [-0.3, -0.25) is 4.90 Å². The van der Waals surface area contributed by atoms with Gasteiger partial charge in [0.15, 0.2) is 5.92 Å². The van der Waals surface area contributed by atoms with E-state index in [0.717, 1.165) is 19.6 Å². The van der Waals surface area contributed by atoms with Gasteiger partial charge in [-0.2, -0.15) is 18.4 Å². The summed E-state index contributed by atoms with van der Waals surface area (Å²) in [6.07, 6.45) is -4.41. The van der Waals surface area contributed by atoms with Gasteiger partial charge in [-0.1, -0.05) is 13.8 Å². The quantitative estimate of drug-likeness (QED) is 0.776. The molecule has 0 aromatic heterocycles. The zero-order valence-corrected chi connectivity index (χ0v) is 10.9. The van der Waals surface area contributed by atoms with Gasteiger partial charge in [0.25, 0.3) is 0 Å². The number of alkyl halides is 3. The van der Waals surface area contributed by atoms with E-state index in [1.54, 1.807) is 4.90 Å². The lowest BCUT2D eigenvalue weighted by atomic mass is 10.1. The zero-order valence-electron chi connectivity index (χ0n) is 10.9.